The Morgan fingerprint density at radius 2 is 1.70 bits per heavy atom. The van der Waals surface area contributed by atoms with Crippen molar-refractivity contribution < 1.29 is 19.1 Å². The van der Waals surface area contributed by atoms with Gasteiger partial charge in [0.2, 0.25) is 0 Å². The molecule has 0 saturated carbocycles. The zero-order valence-corrected chi connectivity index (χ0v) is 15.5. The Hall–Kier alpha value is -1.50. The summed E-state index contributed by atoms with van der Waals surface area (Å²) in [5, 5.41) is 8.37. The highest BCUT2D eigenvalue weighted by atomic mass is 16.6. The molecule has 0 rings (SSSR count). The third-order valence-electron chi connectivity index (χ3n) is 2.78. The number of methoxy groups -OCH3 is 1. The molecule has 0 aliphatic rings. The number of urea groups is 1. The molecule has 7 nitrogen and oxygen atoms in total. The second-order valence-corrected chi connectivity index (χ2v) is 7.18. The van der Waals surface area contributed by atoms with E-state index in [1.807, 2.05) is 6.92 Å². The Balaban J connectivity index is 4.41. The van der Waals surface area contributed by atoms with Crippen molar-refractivity contribution in [2.75, 3.05) is 20.3 Å². The predicted molar refractivity (Wildman–Crippen MR) is 90.5 cm³/mol. The third kappa shape index (κ3) is 12.7. The van der Waals surface area contributed by atoms with E-state index in [0.29, 0.717) is 19.1 Å². The molecule has 0 heterocycles. The largest absolute Gasteiger partial charge is 0.444 e. The van der Waals surface area contributed by atoms with E-state index in [-0.39, 0.29) is 18.1 Å². The summed E-state index contributed by atoms with van der Waals surface area (Å²) in [5.41, 5.74) is -0.544. The molecule has 0 aliphatic carbocycles. The highest BCUT2D eigenvalue weighted by molar-refractivity contribution is 5.74. The average molecular weight is 331 g/mol. The van der Waals surface area contributed by atoms with E-state index in [2.05, 4.69) is 29.8 Å². The van der Waals surface area contributed by atoms with Crippen LogP contribution >= 0.6 is 0 Å². The maximum atomic E-state index is 12.0. The molecule has 0 aromatic rings. The standard InChI is InChI=1S/C16H33N3O4/c1-11(2)8-13(9-17-15(21)23-16(4,5)6)19-14(20)18-12(3)10-22-7/h11-13H,8-10H2,1-7H3,(H,17,21)(H2,18,19,20)/t12-,13+/m1/s1. The van der Waals surface area contributed by atoms with Crippen LogP contribution in [0.3, 0.4) is 0 Å². The number of rotatable bonds is 8. The Morgan fingerprint density at radius 3 is 2.17 bits per heavy atom. The van der Waals surface area contributed by atoms with Crippen molar-refractivity contribution in [1.82, 2.24) is 16.0 Å². The maximum Gasteiger partial charge on any atom is 0.407 e. The van der Waals surface area contributed by atoms with Gasteiger partial charge in [0.15, 0.2) is 0 Å². The van der Waals surface area contributed by atoms with E-state index in [4.69, 9.17) is 9.47 Å². The number of hydrogen-bond donors (Lipinski definition) is 3. The van der Waals surface area contributed by atoms with Crippen molar-refractivity contribution in [1.29, 1.82) is 0 Å². The molecule has 2 atom stereocenters. The van der Waals surface area contributed by atoms with Crippen LogP contribution in [-0.4, -0.2) is 50.1 Å². The second-order valence-electron chi connectivity index (χ2n) is 7.18. The van der Waals surface area contributed by atoms with Crippen molar-refractivity contribution >= 4 is 12.1 Å². The Morgan fingerprint density at radius 1 is 1.09 bits per heavy atom. The Bertz CT molecular complexity index is 367. The number of nitrogens with one attached hydrogen (secondary N) is 3. The molecule has 0 saturated heterocycles. The van der Waals surface area contributed by atoms with Gasteiger partial charge in [0, 0.05) is 19.7 Å². The predicted octanol–water partition coefficient (Wildman–Crippen LogP) is 2.26. The molecular weight excluding hydrogens is 298 g/mol. The minimum Gasteiger partial charge on any atom is -0.444 e. The van der Waals surface area contributed by atoms with Gasteiger partial charge < -0.3 is 25.4 Å². The minimum absolute atomic E-state index is 0.0847. The van der Waals surface area contributed by atoms with Crippen LogP contribution in [-0.2, 0) is 9.47 Å². The number of carbonyl (C=O) groups is 2. The fraction of sp³-hybridized carbons (Fsp3) is 0.875. The highest BCUT2D eigenvalue weighted by Crippen LogP contribution is 2.07. The van der Waals surface area contributed by atoms with Gasteiger partial charge in [-0.2, -0.15) is 0 Å². The molecule has 0 bridgehead atoms. The molecular formula is C16H33N3O4. The highest BCUT2D eigenvalue weighted by Gasteiger charge is 2.19. The lowest BCUT2D eigenvalue weighted by molar-refractivity contribution is 0.0521. The van der Waals surface area contributed by atoms with Crippen LogP contribution in [0.1, 0.15) is 48.0 Å². The molecule has 0 aromatic heterocycles. The average Bonchev–Trinajstić information content (AvgIpc) is 2.33. The molecule has 0 radical (unpaired) electrons. The number of hydrogen-bond acceptors (Lipinski definition) is 4. The van der Waals surface area contributed by atoms with E-state index in [1.54, 1.807) is 27.9 Å². The van der Waals surface area contributed by atoms with Crippen LogP contribution in [0, 0.1) is 5.92 Å². The molecule has 0 unspecified atom stereocenters. The van der Waals surface area contributed by atoms with Crippen LogP contribution < -0.4 is 16.0 Å². The minimum atomic E-state index is -0.544. The van der Waals surface area contributed by atoms with Gasteiger partial charge in [-0.3, -0.25) is 0 Å². The molecule has 136 valence electrons. The first-order valence-electron chi connectivity index (χ1n) is 8.06. The summed E-state index contributed by atoms with van der Waals surface area (Å²) < 4.78 is 10.2. The molecule has 0 fully saturated rings. The topological polar surface area (TPSA) is 88.7 Å². The number of ether oxygens (including phenoxy) is 2. The van der Waals surface area contributed by atoms with Gasteiger partial charge in [0.05, 0.1) is 12.6 Å². The number of alkyl carbamates (subject to hydrolysis) is 1. The van der Waals surface area contributed by atoms with Gasteiger partial charge in [-0.05, 0) is 40.0 Å². The van der Waals surface area contributed by atoms with Gasteiger partial charge >= 0.3 is 12.1 Å². The fourth-order valence-electron chi connectivity index (χ4n) is 2.03. The second kappa shape index (κ2) is 10.3. The van der Waals surface area contributed by atoms with Crippen molar-refractivity contribution in [2.45, 2.75) is 65.6 Å². The van der Waals surface area contributed by atoms with E-state index >= 15 is 0 Å². The molecule has 3 N–H and O–H groups in total. The maximum absolute atomic E-state index is 12.0. The van der Waals surface area contributed by atoms with E-state index in [0.717, 1.165) is 6.42 Å². The van der Waals surface area contributed by atoms with Crippen molar-refractivity contribution in [2.24, 2.45) is 5.92 Å². The van der Waals surface area contributed by atoms with Crippen LogP contribution in [0.5, 0.6) is 0 Å². The van der Waals surface area contributed by atoms with Gasteiger partial charge in [-0.15, -0.1) is 0 Å². The van der Waals surface area contributed by atoms with Crippen molar-refractivity contribution in [3.8, 4) is 0 Å². The Labute approximate surface area is 139 Å². The summed E-state index contributed by atoms with van der Waals surface area (Å²) in [6.45, 7) is 12.2. The fourth-order valence-corrected chi connectivity index (χ4v) is 2.03. The van der Waals surface area contributed by atoms with Crippen molar-refractivity contribution in [3.05, 3.63) is 0 Å². The zero-order valence-electron chi connectivity index (χ0n) is 15.5. The van der Waals surface area contributed by atoms with Crippen LogP contribution in [0.25, 0.3) is 0 Å². The van der Waals surface area contributed by atoms with Crippen LogP contribution in [0.15, 0.2) is 0 Å². The first kappa shape index (κ1) is 21.5. The quantitative estimate of drug-likeness (QED) is 0.636. The summed E-state index contributed by atoms with van der Waals surface area (Å²) in [7, 11) is 1.59. The van der Waals surface area contributed by atoms with Gasteiger partial charge in [-0.1, -0.05) is 13.8 Å². The van der Waals surface area contributed by atoms with Gasteiger partial charge in [-0.25, -0.2) is 9.59 Å². The first-order valence-corrected chi connectivity index (χ1v) is 8.06. The SMILES string of the molecule is COC[C@@H](C)NC(=O)N[C@H](CNC(=O)OC(C)(C)C)CC(C)C. The van der Waals surface area contributed by atoms with E-state index in [9.17, 15) is 9.59 Å². The van der Waals surface area contributed by atoms with Gasteiger partial charge in [0.25, 0.3) is 0 Å². The third-order valence-corrected chi connectivity index (χ3v) is 2.78. The molecule has 0 aliphatic heterocycles. The number of carbonyl (C=O) groups excluding carboxylic acids is 2. The van der Waals surface area contributed by atoms with Gasteiger partial charge in [0.1, 0.15) is 5.60 Å². The summed E-state index contributed by atoms with van der Waals surface area (Å²) in [4.78, 5) is 23.7. The lowest BCUT2D eigenvalue weighted by Gasteiger charge is -2.24. The lowest BCUT2D eigenvalue weighted by atomic mass is 10.0. The summed E-state index contributed by atoms with van der Waals surface area (Å²) in [6, 6.07) is -0.526. The van der Waals surface area contributed by atoms with Crippen molar-refractivity contribution in [3.63, 3.8) is 0 Å². The summed E-state index contributed by atoms with van der Waals surface area (Å²) in [6.07, 6.45) is 0.267. The van der Waals surface area contributed by atoms with E-state index < -0.39 is 11.7 Å². The van der Waals surface area contributed by atoms with Crippen LogP contribution in [0.4, 0.5) is 9.59 Å². The molecule has 0 aromatic carbocycles. The first-order chi connectivity index (χ1) is 10.5. The molecule has 23 heavy (non-hydrogen) atoms. The van der Waals surface area contributed by atoms with Crippen LogP contribution in [0.2, 0.25) is 0 Å². The summed E-state index contributed by atoms with van der Waals surface area (Å²) in [5.74, 6) is 0.386. The molecule has 0 spiro atoms. The zero-order chi connectivity index (χ0) is 18.0. The molecule has 3 amide bonds. The molecule has 7 heteroatoms. The van der Waals surface area contributed by atoms with E-state index in [1.165, 1.54) is 0 Å². The normalized spacial score (nSPS) is 14.1. The number of amides is 3. The Kier molecular flexibility index (Phi) is 9.64. The smallest absolute Gasteiger partial charge is 0.407 e. The monoisotopic (exact) mass is 331 g/mol. The lowest BCUT2D eigenvalue weighted by Crippen LogP contribution is -2.51. The summed E-state index contributed by atoms with van der Waals surface area (Å²) >= 11 is 0.